The summed E-state index contributed by atoms with van der Waals surface area (Å²) in [7, 11) is 1.80. The Labute approximate surface area is 392 Å². The van der Waals surface area contributed by atoms with Gasteiger partial charge in [-0.3, -0.25) is 19.8 Å². The quantitative estimate of drug-likeness (QED) is 0.139. The van der Waals surface area contributed by atoms with E-state index in [1.54, 1.807) is 25.8 Å². The fraction of sp³-hybridized carbons (Fsp3) is 0.667. The number of fused-ring (bicyclic) bond motifs is 1. The third-order valence-electron chi connectivity index (χ3n) is 15.9. The molecular formula is C51H73ClN8O5. The fourth-order valence-electron chi connectivity index (χ4n) is 12.0. The summed E-state index contributed by atoms with van der Waals surface area (Å²) < 4.78 is 13.3. The van der Waals surface area contributed by atoms with E-state index in [2.05, 4.69) is 83.9 Å². The molecule has 5 N–H and O–H groups in total. The predicted octanol–water partition coefficient (Wildman–Crippen LogP) is 6.16. The highest BCUT2D eigenvalue weighted by atomic mass is 35.5. The molecule has 2 amide bonds. The van der Waals surface area contributed by atoms with Crippen molar-refractivity contribution in [3.05, 3.63) is 59.8 Å². The molecular weight excluding hydrogens is 840 g/mol. The molecule has 1 spiro atoms. The van der Waals surface area contributed by atoms with Gasteiger partial charge in [0.15, 0.2) is 0 Å². The Morgan fingerprint density at radius 1 is 1.05 bits per heavy atom. The second kappa shape index (κ2) is 18.4. The number of alkyl halides is 1. The van der Waals surface area contributed by atoms with Crippen LogP contribution in [0, 0.1) is 39.4 Å². The minimum atomic E-state index is -1.03. The summed E-state index contributed by atoms with van der Waals surface area (Å²) in [6, 6.07) is 15.9. The molecule has 0 bridgehead atoms. The molecule has 2 aromatic rings. The van der Waals surface area contributed by atoms with Crippen LogP contribution in [-0.2, 0) is 19.9 Å². The zero-order valence-electron chi connectivity index (χ0n) is 40.0. The molecule has 7 unspecified atom stereocenters. The Morgan fingerprint density at radius 3 is 2.35 bits per heavy atom. The van der Waals surface area contributed by atoms with Crippen molar-refractivity contribution in [3.8, 4) is 17.6 Å². The number of amides is 2. The molecule has 1 aliphatic carbocycles. The molecule has 8 rings (SSSR count). The summed E-state index contributed by atoms with van der Waals surface area (Å²) in [6.07, 6.45) is 6.61. The summed E-state index contributed by atoms with van der Waals surface area (Å²) >= 11 is 6.55. The van der Waals surface area contributed by atoms with Gasteiger partial charge in [0.25, 0.3) is 0 Å². The van der Waals surface area contributed by atoms with Crippen LogP contribution < -0.4 is 30.9 Å². The number of carbonyl (C=O) groups excluding carboxylic acids is 2. The molecule has 0 radical (unpaired) electrons. The smallest absolute Gasteiger partial charge is 0.244 e. The first-order chi connectivity index (χ1) is 30.7. The van der Waals surface area contributed by atoms with E-state index < -0.39 is 5.60 Å². The van der Waals surface area contributed by atoms with Gasteiger partial charge in [-0.05, 0) is 107 Å². The summed E-state index contributed by atoms with van der Waals surface area (Å²) in [5.74, 6) is 1.35. The van der Waals surface area contributed by atoms with Gasteiger partial charge >= 0.3 is 0 Å². The number of piperidine rings is 1. The van der Waals surface area contributed by atoms with Crippen LogP contribution in [0.25, 0.3) is 5.57 Å². The number of nitrogens with zero attached hydrogens (tertiary/aromatic N) is 4. The van der Waals surface area contributed by atoms with Crippen LogP contribution in [0.2, 0.25) is 0 Å². The van der Waals surface area contributed by atoms with Gasteiger partial charge in [0, 0.05) is 92.0 Å². The first-order valence-electron chi connectivity index (χ1n) is 24.1. The average Bonchev–Trinajstić information content (AvgIpc) is 3.77. The van der Waals surface area contributed by atoms with Crippen molar-refractivity contribution in [2.45, 2.75) is 135 Å². The van der Waals surface area contributed by atoms with E-state index >= 15 is 0 Å². The van der Waals surface area contributed by atoms with E-state index in [1.807, 2.05) is 43.5 Å². The zero-order chi connectivity index (χ0) is 46.6. The lowest BCUT2D eigenvalue weighted by Gasteiger charge is -2.64. The van der Waals surface area contributed by atoms with E-state index in [-0.39, 0.29) is 76.4 Å². The van der Waals surface area contributed by atoms with Gasteiger partial charge in [-0.25, -0.2) is 0 Å². The van der Waals surface area contributed by atoms with E-state index in [9.17, 15) is 20.0 Å². The van der Waals surface area contributed by atoms with Crippen LogP contribution in [-0.4, -0.2) is 121 Å². The second-order valence-electron chi connectivity index (χ2n) is 21.8. The van der Waals surface area contributed by atoms with Gasteiger partial charge in [-0.2, -0.15) is 5.26 Å². The maximum Gasteiger partial charge on any atom is 0.244 e. The topological polar surface area (TPSA) is 154 Å². The number of halogens is 1. The van der Waals surface area contributed by atoms with Gasteiger partial charge in [0.1, 0.15) is 11.5 Å². The minimum absolute atomic E-state index is 0.0252. The molecule has 5 aliphatic heterocycles. The number of hydrogen-bond donors (Lipinski definition) is 5. The number of likely N-dealkylation sites (N-methyl/N-ethyl adjacent to an activating group) is 1. The van der Waals surface area contributed by atoms with Gasteiger partial charge in [-0.15, -0.1) is 11.6 Å². The first-order valence-corrected chi connectivity index (χ1v) is 24.5. The molecule has 4 saturated heterocycles. The largest absolute Gasteiger partial charge is 0.457 e. The van der Waals surface area contributed by atoms with Crippen molar-refractivity contribution in [2.24, 2.45) is 28.1 Å². The number of ether oxygens (including phenoxy) is 2. The molecule has 5 fully saturated rings. The average molecular weight is 914 g/mol. The lowest BCUT2D eigenvalue weighted by atomic mass is 9.49. The van der Waals surface area contributed by atoms with Crippen molar-refractivity contribution in [1.82, 2.24) is 31.1 Å². The maximum atomic E-state index is 13.7. The lowest BCUT2D eigenvalue weighted by molar-refractivity contribution is -0.231. The molecule has 7 atom stereocenters. The second-order valence-corrected chi connectivity index (χ2v) is 22.4. The van der Waals surface area contributed by atoms with Crippen LogP contribution in [0.1, 0.15) is 98.6 Å². The number of hydrogen-bond acceptors (Lipinski definition) is 11. The third kappa shape index (κ3) is 9.43. The molecule has 6 aliphatic rings. The van der Waals surface area contributed by atoms with Crippen LogP contribution in [0.4, 0.5) is 5.69 Å². The third-order valence-corrected chi connectivity index (χ3v) is 16.5. The number of carbonyl (C=O) groups is 2. The van der Waals surface area contributed by atoms with E-state index in [4.69, 9.17) is 21.1 Å². The molecule has 65 heavy (non-hydrogen) atoms. The molecule has 14 heteroatoms. The number of anilines is 1. The van der Waals surface area contributed by atoms with Crippen molar-refractivity contribution >= 4 is 34.7 Å². The first kappa shape index (κ1) is 47.7. The Balaban J connectivity index is 0.801. The number of rotatable bonds is 14. The highest BCUT2D eigenvalue weighted by Gasteiger charge is 2.64. The number of likely N-dealkylation sites (tertiary alicyclic amines) is 1. The number of nitriles is 1. The molecule has 354 valence electrons. The van der Waals surface area contributed by atoms with Crippen LogP contribution in [0.3, 0.4) is 0 Å². The van der Waals surface area contributed by atoms with E-state index in [0.717, 1.165) is 80.9 Å². The number of benzene rings is 2. The Hall–Kier alpha value is -3.74. The maximum absolute atomic E-state index is 13.7. The van der Waals surface area contributed by atoms with Crippen molar-refractivity contribution in [2.75, 3.05) is 57.8 Å². The number of nitrogens with one attached hydrogen (secondary N) is 4. The highest BCUT2D eigenvalue weighted by Crippen LogP contribution is 2.56. The van der Waals surface area contributed by atoms with Gasteiger partial charge in [0.2, 0.25) is 11.8 Å². The van der Waals surface area contributed by atoms with E-state index in [0.29, 0.717) is 30.7 Å². The Bertz CT molecular complexity index is 2110. The minimum Gasteiger partial charge on any atom is -0.457 e. The van der Waals surface area contributed by atoms with Crippen LogP contribution in [0.5, 0.6) is 11.5 Å². The summed E-state index contributed by atoms with van der Waals surface area (Å²) in [6.45, 7) is 22.4. The van der Waals surface area contributed by atoms with E-state index in [1.165, 1.54) is 5.69 Å². The fourth-order valence-corrected chi connectivity index (χ4v) is 12.3. The predicted molar refractivity (Wildman–Crippen MR) is 255 cm³/mol. The number of piperazine rings is 1. The Morgan fingerprint density at radius 2 is 1.74 bits per heavy atom. The number of aliphatic hydroxyl groups is 1. The van der Waals surface area contributed by atoms with Crippen molar-refractivity contribution in [3.63, 3.8) is 0 Å². The molecule has 13 nitrogen and oxygen atoms in total. The monoisotopic (exact) mass is 913 g/mol. The van der Waals surface area contributed by atoms with Gasteiger partial charge in [-0.1, -0.05) is 40.7 Å². The summed E-state index contributed by atoms with van der Waals surface area (Å²) in [5.41, 5.74) is 2.69. The highest BCUT2D eigenvalue weighted by molar-refractivity contribution is 6.21. The molecule has 1 saturated carbocycles. The zero-order valence-corrected chi connectivity index (χ0v) is 40.8. The SMILES string of the molecule is CCC(CC(Cl)C(C)C#N)OC1C(C)(C)C(NC(=O)C2CNC(N3CCC4(CC3)CN(c3ccc(Oc5ccc(C(C)(C)O)cc5C5=CN(C)C(=O)C6NCCC56)cc3)C4)CN2)C1(C)C. The summed E-state index contributed by atoms with van der Waals surface area (Å²) in [4.78, 5) is 33.3. The standard InChI is InChI=1S/C51H73ClN8O5/c1-10-34(24-39(52)31(2)25-53)65-47-48(3,4)46(49(47,5)6)57-44(61)40-26-56-42(27-55-40)59-21-18-51(19-22-59)29-60(30-51)33-12-14-35(15-13-33)64-41-16-11-32(50(7,8)63)23-37(41)38-28-58(9)45(62)43-36(38)17-20-54-43/h11-16,23,28,31,34,36,39-40,42-43,46-47,54-56,63H,10,17-22,24,26-27,29-30H2,1-9H3,(H,57,61). The summed E-state index contributed by atoms with van der Waals surface area (Å²) in [5, 5.41) is 34.0. The lowest BCUT2D eigenvalue weighted by Crippen LogP contribution is -2.76. The van der Waals surface area contributed by atoms with Crippen molar-refractivity contribution < 1.29 is 24.2 Å². The van der Waals surface area contributed by atoms with Crippen LogP contribution >= 0.6 is 11.6 Å². The Kier molecular flexibility index (Phi) is 13.5. The molecule has 5 heterocycles. The van der Waals surface area contributed by atoms with Gasteiger partial charge < -0.3 is 40.3 Å². The van der Waals surface area contributed by atoms with Crippen LogP contribution in [0.15, 0.2) is 48.7 Å². The normalized spacial score (nSPS) is 29.7. The molecule has 0 aromatic heterocycles. The van der Waals surface area contributed by atoms with Gasteiger partial charge in [0.05, 0.1) is 53.4 Å². The molecule has 2 aromatic carbocycles. The van der Waals surface area contributed by atoms with Crippen molar-refractivity contribution in [1.29, 1.82) is 5.26 Å².